The minimum absolute atomic E-state index is 0.518. The van der Waals surface area contributed by atoms with Gasteiger partial charge in [-0.25, -0.2) is 4.98 Å². The van der Waals surface area contributed by atoms with E-state index in [1.54, 1.807) is 6.20 Å². The molecule has 15 heavy (non-hydrogen) atoms. The van der Waals surface area contributed by atoms with Crippen molar-refractivity contribution in [2.45, 2.75) is 40.2 Å². The molecule has 0 bridgehead atoms. The Labute approximate surface area is 92.3 Å². The molecule has 1 heterocycles. The Morgan fingerprint density at radius 3 is 2.60 bits per heavy atom. The maximum Gasteiger partial charge on any atom is 0.131 e. The van der Waals surface area contributed by atoms with Crippen LogP contribution in [0.4, 0.5) is 11.5 Å². The Morgan fingerprint density at radius 2 is 2.13 bits per heavy atom. The molecular formula is C12H21N3. The maximum absolute atomic E-state index is 5.70. The molecule has 1 aromatic rings. The number of hydrogen-bond acceptors (Lipinski definition) is 3. The molecule has 0 aromatic carbocycles. The van der Waals surface area contributed by atoms with Crippen LogP contribution >= 0.6 is 0 Å². The first-order valence-electron chi connectivity index (χ1n) is 5.58. The van der Waals surface area contributed by atoms with E-state index in [9.17, 15) is 0 Å². The number of rotatable bonds is 4. The molecule has 0 aliphatic rings. The zero-order chi connectivity index (χ0) is 11.4. The van der Waals surface area contributed by atoms with Gasteiger partial charge in [0.1, 0.15) is 5.82 Å². The van der Waals surface area contributed by atoms with Gasteiger partial charge in [-0.1, -0.05) is 6.92 Å². The van der Waals surface area contributed by atoms with E-state index in [4.69, 9.17) is 5.73 Å². The van der Waals surface area contributed by atoms with Crippen molar-refractivity contribution < 1.29 is 0 Å². The molecule has 0 fully saturated rings. The van der Waals surface area contributed by atoms with Gasteiger partial charge in [-0.3, -0.25) is 0 Å². The summed E-state index contributed by atoms with van der Waals surface area (Å²) in [5.41, 5.74) is 7.58. The summed E-state index contributed by atoms with van der Waals surface area (Å²) in [7, 11) is 0. The molecule has 1 rings (SSSR count). The van der Waals surface area contributed by atoms with Crippen LogP contribution in [0.25, 0.3) is 0 Å². The SMILES string of the molecule is CCC(C)N(CC)c1ncc(N)cc1C. The first kappa shape index (κ1) is 11.8. The molecular weight excluding hydrogens is 186 g/mol. The molecule has 0 radical (unpaired) electrons. The third-order valence-electron chi connectivity index (χ3n) is 2.81. The fourth-order valence-corrected chi connectivity index (χ4v) is 1.78. The fourth-order valence-electron chi connectivity index (χ4n) is 1.78. The Bertz CT molecular complexity index is 323. The molecule has 0 spiro atoms. The van der Waals surface area contributed by atoms with E-state index in [-0.39, 0.29) is 0 Å². The quantitative estimate of drug-likeness (QED) is 0.825. The van der Waals surface area contributed by atoms with Gasteiger partial charge in [0.25, 0.3) is 0 Å². The first-order chi connectivity index (χ1) is 7.10. The van der Waals surface area contributed by atoms with Crippen molar-refractivity contribution in [1.29, 1.82) is 0 Å². The van der Waals surface area contributed by atoms with E-state index in [1.165, 1.54) is 0 Å². The van der Waals surface area contributed by atoms with Crippen LogP contribution in [0.2, 0.25) is 0 Å². The zero-order valence-electron chi connectivity index (χ0n) is 10.1. The highest BCUT2D eigenvalue weighted by atomic mass is 15.2. The minimum atomic E-state index is 0.518. The monoisotopic (exact) mass is 207 g/mol. The Balaban J connectivity index is 3.01. The Morgan fingerprint density at radius 1 is 1.47 bits per heavy atom. The van der Waals surface area contributed by atoms with Gasteiger partial charge in [0.15, 0.2) is 0 Å². The highest BCUT2D eigenvalue weighted by Gasteiger charge is 2.14. The summed E-state index contributed by atoms with van der Waals surface area (Å²) in [6.07, 6.45) is 2.85. The van der Waals surface area contributed by atoms with Crippen LogP contribution < -0.4 is 10.6 Å². The fraction of sp³-hybridized carbons (Fsp3) is 0.583. The second kappa shape index (κ2) is 5.01. The lowest BCUT2D eigenvalue weighted by atomic mass is 10.2. The van der Waals surface area contributed by atoms with Crippen molar-refractivity contribution >= 4 is 11.5 Å². The Hall–Kier alpha value is -1.25. The number of pyridine rings is 1. The van der Waals surface area contributed by atoms with Gasteiger partial charge in [0.05, 0.1) is 11.9 Å². The number of nitrogens with zero attached hydrogens (tertiary/aromatic N) is 2. The smallest absolute Gasteiger partial charge is 0.131 e. The number of hydrogen-bond donors (Lipinski definition) is 1. The van der Waals surface area contributed by atoms with Gasteiger partial charge in [-0.15, -0.1) is 0 Å². The van der Waals surface area contributed by atoms with Crippen molar-refractivity contribution in [3.8, 4) is 0 Å². The molecule has 0 saturated heterocycles. The topological polar surface area (TPSA) is 42.2 Å². The van der Waals surface area contributed by atoms with E-state index >= 15 is 0 Å². The van der Waals surface area contributed by atoms with Crippen LogP contribution in [-0.2, 0) is 0 Å². The number of anilines is 2. The lowest BCUT2D eigenvalue weighted by Gasteiger charge is -2.29. The third kappa shape index (κ3) is 2.61. The third-order valence-corrected chi connectivity index (χ3v) is 2.81. The summed E-state index contributed by atoms with van der Waals surface area (Å²) in [6.45, 7) is 9.61. The minimum Gasteiger partial charge on any atom is -0.397 e. The molecule has 0 saturated carbocycles. The van der Waals surface area contributed by atoms with E-state index in [1.807, 2.05) is 6.07 Å². The Kier molecular flexibility index (Phi) is 3.95. The van der Waals surface area contributed by atoms with Gasteiger partial charge in [-0.05, 0) is 38.8 Å². The van der Waals surface area contributed by atoms with Crippen molar-refractivity contribution in [2.24, 2.45) is 0 Å². The molecule has 1 aromatic heterocycles. The predicted molar refractivity (Wildman–Crippen MR) is 66.2 cm³/mol. The number of nitrogen functional groups attached to an aromatic ring is 1. The van der Waals surface area contributed by atoms with Crippen molar-refractivity contribution in [3.05, 3.63) is 17.8 Å². The summed E-state index contributed by atoms with van der Waals surface area (Å²) in [6, 6.07) is 2.50. The summed E-state index contributed by atoms with van der Waals surface area (Å²) in [5.74, 6) is 1.06. The molecule has 3 heteroatoms. The highest BCUT2D eigenvalue weighted by molar-refractivity contribution is 5.53. The van der Waals surface area contributed by atoms with E-state index in [0.29, 0.717) is 6.04 Å². The summed E-state index contributed by atoms with van der Waals surface area (Å²) < 4.78 is 0. The van der Waals surface area contributed by atoms with Crippen LogP contribution in [0.5, 0.6) is 0 Å². The number of aryl methyl sites for hydroxylation is 1. The van der Waals surface area contributed by atoms with Crippen LogP contribution in [0.3, 0.4) is 0 Å². The van der Waals surface area contributed by atoms with Crippen LogP contribution in [0.1, 0.15) is 32.8 Å². The molecule has 0 amide bonds. The van der Waals surface area contributed by atoms with Crippen molar-refractivity contribution in [1.82, 2.24) is 4.98 Å². The largest absolute Gasteiger partial charge is 0.397 e. The second-order valence-electron chi connectivity index (χ2n) is 3.95. The molecule has 84 valence electrons. The summed E-state index contributed by atoms with van der Waals surface area (Å²) >= 11 is 0. The van der Waals surface area contributed by atoms with E-state index < -0.39 is 0 Å². The van der Waals surface area contributed by atoms with Crippen molar-refractivity contribution in [3.63, 3.8) is 0 Å². The summed E-state index contributed by atoms with van der Waals surface area (Å²) in [4.78, 5) is 6.73. The summed E-state index contributed by atoms with van der Waals surface area (Å²) in [5, 5.41) is 0. The normalized spacial score (nSPS) is 12.5. The average molecular weight is 207 g/mol. The average Bonchev–Trinajstić information content (AvgIpc) is 2.21. The predicted octanol–water partition coefficient (Wildman–Crippen LogP) is 2.60. The number of nitrogens with two attached hydrogens (primary N) is 1. The van der Waals surface area contributed by atoms with Crippen molar-refractivity contribution in [2.75, 3.05) is 17.2 Å². The van der Waals surface area contributed by atoms with E-state index in [0.717, 1.165) is 30.0 Å². The molecule has 2 N–H and O–H groups in total. The lowest BCUT2D eigenvalue weighted by Crippen LogP contribution is -2.33. The standard InChI is InChI=1S/C12H21N3/c1-5-10(4)15(6-2)12-9(3)7-11(13)8-14-12/h7-8,10H,5-6,13H2,1-4H3. The van der Waals surface area contributed by atoms with Gasteiger partial charge in [0, 0.05) is 12.6 Å². The van der Waals surface area contributed by atoms with Gasteiger partial charge in [0.2, 0.25) is 0 Å². The molecule has 1 atom stereocenters. The molecule has 1 unspecified atom stereocenters. The van der Waals surface area contributed by atoms with Crippen LogP contribution in [-0.4, -0.2) is 17.6 Å². The van der Waals surface area contributed by atoms with Gasteiger partial charge < -0.3 is 10.6 Å². The first-order valence-corrected chi connectivity index (χ1v) is 5.58. The maximum atomic E-state index is 5.70. The zero-order valence-corrected chi connectivity index (χ0v) is 10.1. The molecule has 0 aliphatic carbocycles. The van der Waals surface area contributed by atoms with Crippen LogP contribution in [0.15, 0.2) is 12.3 Å². The molecule has 0 aliphatic heterocycles. The van der Waals surface area contributed by atoms with Gasteiger partial charge in [-0.2, -0.15) is 0 Å². The number of aromatic nitrogens is 1. The second-order valence-corrected chi connectivity index (χ2v) is 3.95. The lowest BCUT2D eigenvalue weighted by molar-refractivity contribution is 0.621. The molecule has 3 nitrogen and oxygen atoms in total. The van der Waals surface area contributed by atoms with Crippen LogP contribution in [0, 0.1) is 6.92 Å². The van der Waals surface area contributed by atoms with Gasteiger partial charge >= 0.3 is 0 Å². The van der Waals surface area contributed by atoms with E-state index in [2.05, 4.69) is 37.6 Å². The highest BCUT2D eigenvalue weighted by Crippen LogP contribution is 2.21.